The number of benzene rings is 1. The van der Waals surface area contributed by atoms with Crippen LogP contribution in [0.15, 0.2) is 35.6 Å². The smallest absolute Gasteiger partial charge is 0.227 e. The Kier molecular flexibility index (Phi) is 6.02. The zero-order chi connectivity index (χ0) is 18.7. The molecule has 1 saturated heterocycles. The van der Waals surface area contributed by atoms with E-state index >= 15 is 0 Å². The summed E-state index contributed by atoms with van der Waals surface area (Å²) in [6.07, 6.45) is 4.83. The summed E-state index contributed by atoms with van der Waals surface area (Å²) < 4.78 is 31.7. The lowest BCUT2D eigenvalue weighted by atomic mass is 10.2. The second kappa shape index (κ2) is 8.08. The highest BCUT2D eigenvalue weighted by molar-refractivity contribution is 7.90. The second-order valence-electron chi connectivity index (χ2n) is 6.81. The van der Waals surface area contributed by atoms with Gasteiger partial charge in [0, 0.05) is 31.0 Å². The van der Waals surface area contributed by atoms with Crippen LogP contribution in [0.5, 0.6) is 0 Å². The van der Waals surface area contributed by atoms with Crippen LogP contribution in [0.3, 0.4) is 0 Å². The zero-order valence-corrected chi connectivity index (χ0v) is 16.6. The van der Waals surface area contributed by atoms with Crippen molar-refractivity contribution in [1.29, 1.82) is 0 Å². The van der Waals surface area contributed by atoms with E-state index in [9.17, 15) is 8.42 Å². The van der Waals surface area contributed by atoms with Crippen molar-refractivity contribution < 1.29 is 13.2 Å². The van der Waals surface area contributed by atoms with Crippen LogP contribution < -0.4 is 0 Å². The van der Waals surface area contributed by atoms with E-state index in [0.29, 0.717) is 19.6 Å². The van der Waals surface area contributed by atoms with E-state index in [1.165, 1.54) is 6.26 Å². The van der Waals surface area contributed by atoms with Crippen LogP contribution in [0.1, 0.15) is 24.1 Å². The minimum atomic E-state index is -3.40. The molecule has 6 nitrogen and oxygen atoms in total. The molecule has 142 valence electrons. The van der Waals surface area contributed by atoms with Crippen LogP contribution in [0, 0.1) is 0 Å². The first-order valence-electron chi connectivity index (χ1n) is 8.62. The second-order valence-corrected chi connectivity index (χ2v) is 9.13. The lowest BCUT2D eigenvalue weighted by Crippen LogP contribution is -2.24. The van der Waals surface area contributed by atoms with Crippen LogP contribution >= 0.6 is 11.6 Å². The first-order valence-corrected chi connectivity index (χ1v) is 10.9. The molecule has 1 aromatic heterocycles. The summed E-state index contributed by atoms with van der Waals surface area (Å²) in [7, 11) is -1.42. The Labute approximate surface area is 159 Å². The summed E-state index contributed by atoms with van der Waals surface area (Å²) in [4.78, 5) is 6.27. The molecule has 0 saturated carbocycles. The lowest BCUT2D eigenvalue weighted by Gasteiger charge is -2.20. The van der Waals surface area contributed by atoms with Crippen molar-refractivity contribution >= 4 is 21.4 Å². The number of rotatable bonds is 7. The van der Waals surface area contributed by atoms with Crippen molar-refractivity contribution in [3.8, 4) is 0 Å². The molecule has 1 fully saturated rings. The van der Waals surface area contributed by atoms with Crippen molar-refractivity contribution in [3.63, 3.8) is 0 Å². The van der Waals surface area contributed by atoms with Gasteiger partial charge in [-0.2, -0.15) is 0 Å². The molecule has 0 bridgehead atoms. The molecule has 1 aromatic carbocycles. The predicted molar refractivity (Wildman–Crippen MR) is 101 cm³/mol. The molecule has 8 heteroatoms. The molecule has 1 atom stereocenters. The molecule has 2 aromatic rings. The standard InChI is InChI=1S/C18H24ClN3O3S/c1-21(11-14-6-3-4-8-17(14)19)12-15-10-20-18(26(2,23)24)22(15)13-16-7-5-9-25-16/h3-4,6,8,10,16H,5,7,9,11-13H2,1-2H3. The quantitative estimate of drug-likeness (QED) is 0.718. The maximum atomic E-state index is 12.1. The number of imidazole rings is 1. The van der Waals surface area contributed by atoms with Crippen LogP contribution in [-0.2, 0) is 34.2 Å². The highest BCUT2D eigenvalue weighted by Crippen LogP contribution is 2.21. The Morgan fingerprint density at radius 2 is 2.12 bits per heavy atom. The van der Waals surface area contributed by atoms with Gasteiger partial charge in [-0.05, 0) is 31.5 Å². The third-order valence-corrected chi connectivity index (χ3v) is 5.83. The van der Waals surface area contributed by atoms with Crippen LogP contribution in [0.4, 0.5) is 0 Å². The molecular weight excluding hydrogens is 374 g/mol. The van der Waals surface area contributed by atoms with Gasteiger partial charge in [0.25, 0.3) is 0 Å². The molecular formula is C18H24ClN3O3S. The van der Waals surface area contributed by atoms with E-state index in [1.807, 2.05) is 31.3 Å². The zero-order valence-electron chi connectivity index (χ0n) is 15.1. The number of hydrogen-bond acceptors (Lipinski definition) is 5. The van der Waals surface area contributed by atoms with Gasteiger partial charge in [-0.15, -0.1) is 0 Å². The molecule has 0 spiro atoms. The van der Waals surface area contributed by atoms with Gasteiger partial charge in [0.2, 0.25) is 15.0 Å². The Balaban J connectivity index is 1.80. The molecule has 2 heterocycles. The average Bonchev–Trinajstić information content (AvgIpc) is 3.20. The first-order chi connectivity index (χ1) is 12.3. The average molecular weight is 398 g/mol. The summed E-state index contributed by atoms with van der Waals surface area (Å²) >= 11 is 6.24. The number of sulfone groups is 1. The van der Waals surface area contributed by atoms with Crippen molar-refractivity contribution in [3.05, 3.63) is 46.7 Å². The van der Waals surface area contributed by atoms with Gasteiger partial charge >= 0.3 is 0 Å². The maximum Gasteiger partial charge on any atom is 0.227 e. The summed E-state index contributed by atoms with van der Waals surface area (Å²) in [5.41, 5.74) is 1.89. The van der Waals surface area contributed by atoms with Crippen LogP contribution in [0.2, 0.25) is 5.02 Å². The molecule has 3 rings (SSSR count). The summed E-state index contributed by atoms with van der Waals surface area (Å²) in [5.74, 6) is 0. The highest BCUT2D eigenvalue weighted by atomic mass is 35.5. The van der Waals surface area contributed by atoms with Crippen molar-refractivity contribution in [1.82, 2.24) is 14.5 Å². The Bertz CT molecular complexity index is 860. The molecule has 1 aliphatic rings. The normalized spacial score (nSPS) is 17.9. The maximum absolute atomic E-state index is 12.1. The minimum Gasteiger partial charge on any atom is -0.376 e. The molecule has 0 amide bonds. The predicted octanol–water partition coefficient (Wildman–Crippen LogP) is 2.75. The Hall–Kier alpha value is -1.41. The topological polar surface area (TPSA) is 64.4 Å². The summed E-state index contributed by atoms with van der Waals surface area (Å²) in [5, 5.41) is 0.832. The van der Waals surface area contributed by atoms with Crippen molar-refractivity contribution in [2.24, 2.45) is 0 Å². The van der Waals surface area contributed by atoms with E-state index < -0.39 is 9.84 Å². The fraction of sp³-hybridized carbons (Fsp3) is 0.500. The van der Waals surface area contributed by atoms with Crippen molar-refractivity contribution in [2.75, 3.05) is 19.9 Å². The molecule has 0 aliphatic carbocycles. The first kappa shape index (κ1) is 19.4. The van der Waals surface area contributed by atoms with Crippen LogP contribution in [0.25, 0.3) is 0 Å². The molecule has 1 unspecified atom stereocenters. The highest BCUT2D eigenvalue weighted by Gasteiger charge is 2.24. The third-order valence-electron chi connectivity index (χ3n) is 4.47. The van der Waals surface area contributed by atoms with Gasteiger partial charge < -0.3 is 9.30 Å². The molecule has 0 N–H and O–H groups in total. The van der Waals surface area contributed by atoms with Crippen molar-refractivity contribution in [2.45, 2.75) is 43.7 Å². The fourth-order valence-electron chi connectivity index (χ4n) is 3.25. The molecule has 0 radical (unpaired) electrons. The molecule has 26 heavy (non-hydrogen) atoms. The van der Waals surface area contributed by atoms with E-state index in [4.69, 9.17) is 16.3 Å². The van der Waals surface area contributed by atoms with Gasteiger partial charge in [-0.3, -0.25) is 4.90 Å². The SMILES string of the molecule is CN(Cc1ccccc1Cl)Cc1cnc(S(C)(=O)=O)n1CC1CCCO1. The summed E-state index contributed by atoms with van der Waals surface area (Å²) in [6, 6.07) is 7.72. The minimum absolute atomic E-state index is 0.0392. The number of halogens is 1. The van der Waals surface area contributed by atoms with Gasteiger partial charge in [-0.1, -0.05) is 29.8 Å². The number of aromatic nitrogens is 2. The largest absolute Gasteiger partial charge is 0.376 e. The van der Waals surface area contributed by atoms with Gasteiger partial charge in [0.1, 0.15) is 0 Å². The van der Waals surface area contributed by atoms with E-state index in [0.717, 1.165) is 35.7 Å². The van der Waals surface area contributed by atoms with Gasteiger partial charge in [0.05, 0.1) is 24.5 Å². The Morgan fingerprint density at radius 3 is 2.77 bits per heavy atom. The number of ether oxygens (including phenoxy) is 1. The monoisotopic (exact) mass is 397 g/mol. The van der Waals surface area contributed by atoms with Crippen LogP contribution in [-0.4, -0.2) is 48.9 Å². The van der Waals surface area contributed by atoms with E-state index in [2.05, 4.69) is 9.88 Å². The van der Waals surface area contributed by atoms with Gasteiger partial charge in [-0.25, -0.2) is 13.4 Å². The van der Waals surface area contributed by atoms with E-state index in [1.54, 1.807) is 10.8 Å². The number of hydrogen-bond donors (Lipinski definition) is 0. The van der Waals surface area contributed by atoms with Gasteiger partial charge in [0.15, 0.2) is 0 Å². The fourth-order valence-corrected chi connectivity index (χ4v) is 4.28. The summed E-state index contributed by atoms with van der Waals surface area (Å²) in [6.45, 7) is 2.48. The third kappa shape index (κ3) is 4.65. The lowest BCUT2D eigenvalue weighted by molar-refractivity contribution is 0.0934. The number of nitrogens with zero attached hydrogens (tertiary/aromatic N) is 3. The Morgan fingerprint density at radius 1 is 1.35 bits per heavy atom. The van der Waals surface area contributed by atoms with E-state index in [-0.39, 0.29) is 11.3 Å². The molecule has 1 aliphatic heterocycles.